The molecule has 1 aromatic rings. The van der Waals surface area contributed by atoms with Gasteiger partial charge in [0.2, 0.25) is 15.9 Å². The zero-order valence-corrected chi connectivity index (χ0v) is 15.3. The molecule has 0 saturated heterocycles. The van der Waals surface area contributed by atoms with Crippen molar-refractivity contribution in [2.45, 2.75) is 45.1 Å². The molecule has 134 valence electrons. The summed E-state index contributed by atoms with van der Waals surface area (Å²) in [5, 5.41) is 13.6. The number of nitro groups is 1. The number of sulfonamides is 1. The highest BCUT2D eigenvalue weighted by molar-refractivity contribution is 7.89. The summed E-state index contributed by atoms with van der Waals surface area (Å²) in [6.07, 6.45) is 0. The Morgan fingerprint density at radius 3 is 2.38 bits per heavy atom. The number of nitrogens with zero attached hydrogens (tertiary/aromatic N) is 2. The standard InChI is InChI=1S/C15H23N3O5S/c1-6-17(10-14(19)16-15(3,4)5)24(22,23)13-9-12(18(20)21)8-7-11(13)2/h7-9H,6,10H2,1-5H3,(H,16,19). The Labute approximate surface area is 142 Å². The van der Waals surface area contributed by atoms with E-state index in [1.165, 1.54) is 12.1 Å². The number of nitrogens with one attached hydrogen (secondary N) is 1. The fourth-order valence-electron chi connectivity index (χ4n) is 2.10. The van der Waals surface area contributed by atoms with E-state index < -0.39 is 26.4 Å². The van der Waals surface area contributed by atoms with E-state index in [0.29, 0.717) is 5.56 Å². The van der Waals surface area contributed by atoms with Crippen molar-refractivity contribution < 1.29 is 18.1 Å². The minimum atomic E-state index is -4.02. The number of rotatable bonds is 6. The zero-order chi connectivity index (χ0) is 18.7. The Kier molecular flexibility index (Phi) is 6.07. The molecule has 0 aliphatic rings. The van der Waals surface area contributed by atoms with Crippen LogP contribution >= 0.6 is 0 Å². The maximum absolute atomic E-state index is 12.8. The molecular formula is C15H23N3O5S. The minimum absolute atomic E-state index is 0.0715. The van der Waals surface area contributed by atoms with E-state index >= 15 is 0 Å². The molecule has 0 heterocycles. The predicted molar refractivity (Wildman–Crippen MR) is 90.2 cm³/mol. The van der Waals surface area contributed by atoms with Crippen molar-refractivity contribution in [3.63, 3.8) is 0 Å². The van der Waals surface area contributed by atoms with Crippen molar-refractivity contribution in [1.82, 2.24) is 9.62 Å². The van der Waals surface area contributed by atoms with Crippen LogP contribution in [0.3, 0.4) is 0 Å². The number of carbonyl (C=O) groups is 1. The normalized spacial score (nSPS) is 12.2. The van der Waals surface area contributed by atoms with Gasteiger partial charge in [-0.1, -0.05) is 13.0 Å². The van der Waals surface area contributed by atoms with Gasteiger partial charge in [-0.05, 0) is 33.3 Å². The van der Waals surface area contributed by atoms with Crippen LogP contribution in [0.4, 0.5) is 5.69 Å². The van der Waals surface area contributed by atoms with Crippen molar-refractivity contribution in [3.05, 3.63) is 33.9 Å². The summed E-state index contributed by atoms with van der Waals surface area (Å²) in [6.45, 7) is 8.26. The molecule has 1 N–H and O–H groups in total. The highest BCUT2D eigenvalue weighted by Crippen LogP contribution is 2.24. The van der Waals surface area contributed by atoms with Gasteiger partial charge in [-0.15, -0.1) is 0 Å². The molecule has 0 aliphatic heterocycles. The summed E-state index contributed by atoms with van der Waals surface area (Å²) in [5.74, 6) is -0.434. The van der Waals surface area contributed by atoms with Gasteiger partial charge < -0.3 is 5.32 Å². The van der Waals surface area contributed by atoms with Gasteiger partial charge in [0.1, 0.15) is 0 Å². The van der Waals surface area contributed by atoms with Crippen molar-refractivity contribution in [2.75, 3.05) is 13.1 Å². The Bertz CT molecular complexity index is 738. The van der Waals surface area contributed by atoms with Crippen LogP contribution in [0, 0.1) is 17.0 Å². The summed E-state index contributed by atoms with van der Waals surface area (Å²) in [6, 6.07) is 3.65. The fraction of sp³-hybridized carbons (Fsp3) is 0.533. The molecule has 0 atom stereocenters. The van der Waals surface area contributed by atoms with E-state index in [4.69, 9.17) is 0 Å². The quantitative estimate of drug-likeness (QED) is 0.617. The number of benzene rings is 1. The van der Waals surface area contributed by atoms with Gasteiger partial charge in [0.05, 0.1) is 16.4 Å². The van der Waals surface area contributed by atoms with E-state index in [0.717, 1.165) is 10.4 Å². The third-order valence-corrected chi connectivity index (χ3v) is 5.25. The third kappa shape index (κ3) is 5.00. The smallest absolute Gasteiger partial charge is 0.270 e. The van der Waals surface area contributed by atoms with Gasteiger partial charge >= 0.3 is 0 Å². The summed E-state index contributed by atoms with van der Waals surface area (Å²) in [4.78, 5) is 22.1. The molecule has 0 fully saturated rings. The lowest BCUT2D eigenvalue weighted by atomic mass is 10.1. The van der Waals surface area contributed by atoms with Crippen LogP contribution in [0.15, 0.2) is 23.1 Å². The van der Waals surface area contributed by atoms with Gasteiger partial charge in [-0.2, -0.15) is 4.31 Å². The van der Waals surface area contributed by atoms with Crippen molar-refractivity contribution in [1.29, 1.82) is 0 Å². The lowest BCUT2D eigenvalue weighted by Crippen LogP contribution is -2.47. The Hall–Kier alpha value is -2.00. The van der Waals surface area contributed by atoms with Crippen LogP contribution in [0.25, 0.3) is 0 Å². The number of amides is 1. The van der Waals surface area contributed by atoms with E-state index in [1.54, 1.807) is 34.6 Å². The SMILES string of the molecule is CCN(CC(=O)NC(C)(C)C)S(=O)(=O)c1cc([N+](=O)[O-])ccc1C. The highest BCUT2D eigenvalue weighted by Gasteiger charge is 2.29. The predicted octanol–water partition coefficient (Wildman–Crippen LogP) is 1.83. The molecule has 0 aromatic heterocycles. The summed E-state index contributed by atoms with van der Waals surface area (Å²) in [5.41, 5.74) is -0.411. The van der Waals surface area contributed by atoms with E-state index in [2.05, 4.69) is 5.32 Å². The molecule has 24 heavy (non-hydrogen) atoms. The first-order valence-electron chi connectivity index (χ1n) is 7.44. The number of nitro benzene ring substituents is 1. The van der Waals surface area contributed by atoms with Crippen molar-refractivity contribution >= 4 is 21.6 Å². The van der Waals surface area contributed by atoms with Crippen LogP contribution in [0.5, 0.6) is 0 Å². The lowest BCUT2D eigenvalue weighted by molar-refractivity contribution is -0.385. The van der Waals surface area contributed by atoms with Crippen LogP contribution in [-0.2, 0) is 14.8 Å². The van der Waals surface area contributed by atoms with E-state index in [9.17, 15) is 23.3 Å². The summed E-state index contributed by atoms with van der Waals surface area (Å²) in [7, 11) is -4.02. The molecule has 0 radical (unpaired) electrons. The van der Waals surface area contributed by atoms with Gasteiger partial charge in [-0.25, -0.2) is 8.42 Å². The summed E-state index contributed by atoms with van der Waals surface area (Å²) >= 11 is 0. The van der Waals surface area contributed by atoms with Gasteiger partial charge in [0.25, 0.3) is 5.69 Å². The number of aryl methyl sites for hydroxylation is 1. The van der Waals surface area contributed by atoms with Gasteiger partial charge in [-0.3, -0.25) is 14.9 Å². The number of likely N-dealkylation sites (N-methyl/N-ethyl adjacent to an activating group) is 1. The number of hydrogen-bond donors (Lipinski definition) is 1. The van der Waals surface area contributed by atoms with Crippen molar-refractivity contribution in [3.8, 4) is 0 Å². The lowest BCUT2D eigenvalue weighted by Gasteiger charge is -2.25. The zero-order valence-electron chi connectivity index (χ0n) is 14.5. The highest BCUT2D eigenvalue weighted by atomic mass is 32.2. The number of hydrogen-bond acceptors (Lipinski definition) is 5. The molecule has 1 amide bonds. The third-order valence-electron chi connectivity index (χ3n) is 3.19. The average Bonchev–Trinajstić information content (AvgIpc) is 2.42. The monoisotopic (exact) mass is 357 g/mol. The molecule has 8 nitrogen and oxygen atoms in total. The Morgan fingerprint density at radius 2 is 1.92 bits per heavy atom. The first kappa shape index (κ1) is 20.0. The largest absolute Gasteiger partial charge is 0.350 e. The molecule has 0 unspecified atom stereocenters. The molecule has 1 rings (SSSR count). The van der Waals surface area contributed by atoms with Gasteiger partial charge in [0, 0.05) is 24.2 Å². The van der Waals surface area contributed by atoms with Gasteiger partial charge in [0.15, 0.2) is 0 Å². The Balaban J connectivity index is 3.19. The van der Waals surface area contributed by atoms with E-state index in [1.807, 2.05) is 0 Å². The first-order chi connectivity index (χ1) is 10.9. The fourth-order valence-corrected chi connectivity index (χ4v) is 3.75. The second kappa shape index (κ2) is 7.27. The van der Waals surface area contributed by atoms with Crippen molar-refractivity contribution in [2.24, 2.45) is 0 Å². The Morgan fingerprint density at radius 1 is 1.33 bits per heavy atom. The van der Waals surface area contributed by atoms with Crippen LogP contribution in [0.1, 0.15) is 33.3 Å². The maximum atomic E-state index is 12.8. The summed E-state index contributed by atoms with van der Waals surface area (Å²) < 4.78 is 26.6. The minimum Gasteiger partial charge on any atom is -0.350 e. The molecule has 0 spiro atoms. The molecule has 0 saturated carbocycles. The molecule has 0 bridgehead atoms. The molecule has 9 heteroatoms. The van der Waals surface area contributed by atoms with Crippen LogP contribution in [0.2, 0.25) is 0 Å². The first-order valence-corrected chi connectivity index (χ1v) is 8.88. The van der Waals surface area contributed by atoms with E-state index in [-0.39, 0.29) is 23.7 Å². The number of carbonyl (C=O) groups excluding carboxylic acids is 1. The van der Waals surface area contributed by atoms with Crippen LogP contribution < -0.4 is 5.32 Å². The van der Waals surface area contributed by atoms with Crippen LogP contribution in [-0.4, -0.2) is 42.2 Å². The second-order valence-electron chi connectivity index (χ2n) is 6.44. The molecule has 0 aliphatic carbocycles. The second-order valence-corrected chi connectivity index (χ2v) is 8.34. The maximum Gasteiger partial charge on any atom is 0.270 e. The molecule has 1 aromatic carbocycles. The topological polar surface area (TPSA) is 110 Å². The average molecular weight is 357 g/mol. The number of non-ortho nitro benzene ring substituents is 1. The molecular weight excluding hydrogens is 334 g/mol.